The SMILES string of the molecule is CC(C)(C)c1ccc2c(c1)CCCN2C(=O)CNC(=O)c1cccnc1. The fourth-order valence-corrected chi connectivity index (χ4v) is 3.17. The summed E-state index contributed by atoms with van der Waals surface area (Å²) < 4.78 is 0. The van der Waals surface area contributed by atoms with Gasteiger partial charge in [-0.25, -0.2) is 0 Å². The van der Waals surface area contributed by atoms with Gasteiger partial charge < -0.3 is 10.2 Å². The first-order valence-corrected chi connectivity index (χ1v) is 8.98. The maximum Gasteiger partial charge on any atom is 0.253 e. The summed E-state index contributed by atoms with van der Waals surface area (Å²) in [6.07, 6.45) is 5.01. The lowest BCUT2D eigenvalue weighted by atomic mass is 9.84. The quantitative estimate of drug-likeness (QED) is 0.924. The fraction of sp³-hybridized carbons (Fsp3) is 0.381. The van der Waals surface area contributed by atoms with Crippen molar-refractivity contribution >= 4 is 17.5 Å². The van der Waals surface area contributed by atoms with E-state index in [0.717, 1.165) is 18.5 Å². The highest BCUT2D eigenvalue weighted by Crippen LogP contribution is 2.32. The molecule has 0 saturated heterocycles. The van der Waals surface area contributed by atoms with Crippen molar-refractivity contribution in [2.24, 2.45) is 0 Å². The molecule has 1 aromatic carbocycles. The molecule has 0 spiro atoms. The van der Waals surface area contributed by atoms with E-state index in [4.69, 9.17) is 0 Å². The number of pyridine rings is 1. The molecule has 1 N–H and O–H groups in total. The van der Waals surface area contributed by atoms with E-state index in [1.807, 2.05) is 6.07 Å². The summed E-state index contributed by atoms with van der Waals surface area (Å²) >= 11 is 0. The van der Waals surface area contributed by atoms with Crippen molar-refractivity contribution in [3.05, 3.63) is 59.4 Å². The Balaban J connectivity index is 1.71. The molecule has 1 aliphatic heterocycles. The lowest BCUT2D eigenvalue weighted by Crippen LogP contribution is -2.42. The van der Waals surface area contributed by atoms with E-state index < -0.39 is 0 Å². The van der Waals surface area contributed by atoms with Crippen LogP contribution in [0.25, 0.3) is 0 Å². The van der Waals surface area contributed by atoms with Crippen molar-refractivity contribution in [1.29, 1.82) is 0 Å². The number of nitrogens with one attached hydrogen (secondary N) is 1. The zero-order chi connectivity index (χ0) is 18.7. The number of anilines is 1. The van der Waals surface area contributed by atoms with E-state index in [0.29, 0.717) is 12.1 Å². The molecule has 136 valence electrons. The molecule has 1 aromatic heterocycles. The molecule has 5 nitrogen and oxygen atoms in total. The summed E-state index contributed by atoms with van der Waals surface area (Å²) in [6.45, 7) is 7.23. The van der Waals surface area contributed by atoms with Crippen LogP contribution in [0.15, 0.2) is 42.7 Å². The van der Waals surface area contributed by atoms with E-state index in [-0.39, 0.29) is 23.8 Å². The predicted molar refractivity (Wildman–Crippen MR) is 102 cm³/mol. The van der Waals surface area contributed by atoms with Gasteiger partial charge in [-0.3, -0.25) is 14.6 Å². The number of hydrogen-bond donors (Lipinski definition) is 1. The Morgan fingerprint density at radius 2 is 2.04 bits per heavy atom. The molecular formula is C21H25N3O2. The van der Waals surface area contributed by atoms with Crippen molar-refractivity contribution in [3.63, 3.8) is 0 Å². The predicted octanol–water partition coefficient (Wildman–Crippen LogP) is 3.09. The van der Waals surface area contributed by atoms with E-state index in [9.17, 15) is 9.59 Å². The largest absolute Gasteiger partial charge is 0.343 e. The number of aryl methyl sites for hydroxylation is 1. The number of benzene rings is 1. The highest BCUT2D eigenvalue weighted by Gasteiger charge is 2.24. The van der Waals surface area contributed by atoms with Gasteiger partial charge in [0, 0.05) is 24.6 Å². The van der Waals surface area contributed by atoms with Crippen LogP contribution in [-0.2, 0) is 16.6 Å². The third kappa shape index (κ3) is 3.93. The van der Waals surface area contributed by atoms with E-state index in [1.54, 1.807) is 23.2 Å². The number of nitrogens with zero attached hydrogens (tertiary/aromatic N) is 2. The Labute approximate surface area is 154 Å². The second-order valence-corrected chi connectivity index (χ2v) is 7.67. The first-order valence-electron chi connectivity index (χ1n) is 8.98. The second kappa shape index (κ2) is 7.28. The highest BCUT2D eigenvalue weighted by atomic mass is 16.2. The number of rotatable bonds is 3. The Kier molecular flexibility index (Phi) is 5.07. The van der Waals surface area contributed by atoms with Gasteiger partial charge in [0.15, 0.2) is 0 Å². The van der Waals surface area contributed by atoms with Crippen LogP contribution < -0.4 is 10.2 Å². The molecule has 5 heteroatoms. The molecule has 2 heterocycles. The van der Waals surface area contributed by atoms with Crippen molar-refractivity contribution in [1.82, 2.24) is 10.3 Å². The monoisotopic (exact) mass is 351 g/mol. The molecule has 0 unspecified atom stereocenters. The molecule has 3 rings (SSSR count). The van der Waals surface area contributed by atoms with Gasteiger partial charge in [-0.1, -0.05) is 32.9 Å². The van der Waals surface area contributed by atoms with Crippen LogP contribution in [0.4, 0.5) is 5.69 Å². The van der Waals surface area contributed by atoms with Gasteiger partial charge in [-0.05, 0) is 47.6 Å². The number of hydrogen-bond acceptors (Lipinski definition) is 3. The highest BCUT2D eigenvalue weighted by molar-refractivity contribution is 6.00. The standard InChI is InChI=1S/C21H25N3O2/c1-21(2,3)17-8-9-18-15(12-17)7-5-11-24(18)19(25)14-23-20(26)16-6-4-10-22-13-16/h4,6,8-10,12-13H,5,7,11,14H2,1-3H3,(H,23,26). The molecule has 26 heavy (non-hydrogen) atoms. The Morgan fingerprint density at radius 1 is 1.23 bits per heavy atom. The summed E-state index contributed by atoms with van der Waals surface area (Å²) in [6, 6.07) is 9.72. The van der Waals surface area contributed by atoms with Crippen LogP contribution in [-0.4, -0.2) is 29.9 Å². The normalized spacial score (nSPS) is 13.9. The van der Waals surface area contributed by atoms with E-state index >= 15 is 0 Å². The van der Waals surface area contributed by atoms with Crippen LogP contribution in [0.3, 0.4) is 0 Å². The molecule has 0 aliphatic carbocycles. The summed E-state index contributed by atoms with van der Waals surface area (Å²) in [4.78, 5) is 30.5. The third-order valence-corrected chi connectivity index (χ3v) is 4.69. The van der Waals surface area contributed by atoms with Gasteiger partial charge in [0.1, 0.15) is 0 Å². The number of aromatic nitrogens is 1. The molecule has 0 fully saturated rings. The van der Waals surface area contributed by atoms with Crippen LogP contribution in [0, 0.1) is 0 Å². The first kappa shape index (κ1) is 18.1. The zero-order valence-corrected chi connectivity index (χ0v) is 15.6. The molecule has 2 aromatic rings. The molecular weight excluding hydrogens is 326 g/mol. The summed E-state index contributed by atoms with van der Waals surface area (Å²) in [5.41, 5.74) is 3.98. The van der Waals surface area contributed by atoms with Gasteiger partial charge in [-0.15, -0.1) is 0 Å². The smallest absolute Gasteiger partial charge is 0.253 e. The van der Waals surface area contributed by atoms with Gasteiger partial charge in [0.05, 0.1) is 12.1 Å². The van der Waals surface area contributed by atoms with Crippen molar-refractivity contribution in [3.8, 4) is 0 Å². The summed E-state index contributed by atoms with van der Waals surface area (Å²) in [5.74, 6) is -0.376. The number of amides is 2. The maximum absolute atomic E-state index is 12.7. The van der Waals surface area contributed by atoms with Crippen molar-refractivity contribution in [2.45, 2.75) is 39.0 Å². The summed E-state index contributed by atoms with van der Waals surface area (Å²) in [7, 11) is 0. The minimum absolute atomic E-state index is 0.0197. The fourth-order valence-electron chi connectivity index (χ4n) is 3.17. The number of fused-ring (bicyclic) bond motifs is 1. The first-order chi connectivity index (χ1) is 12.4. The molecule has 0 saturated carbocycles. The average molecular weight is 351 g/mol. The number of carbonyl (C=O) groups is 2. The topological polar surface area (TPSA) is 62.3 Å². The molecule has 2 amide bonds. The Morgan fingerprint density at radius 3 is 2.73 bits per heavy atom. The minimum atomic E-state index is -0.285. The van der Waals surface area contributed by atoms with Gasteiger partial charge in [0.2, 0.25) is 5.91 Å². The lowest BCUT2D eigenvalue weighted by molar-refractivity contribution is -0.117. The van der Waals surface area contributed by atoms with Gasteiger partial charge in [0.25, 0.3) is 5.91 Å². The molecule has 0 bridgehead atoms. The average Bonchev–Trinajstić information content (AvgIpc) is 2.64. The Bertz CT molecular complexity index is 810. The second-order valence-electron chi connectivity index (χ2n) is 7.67. The van der Waals surface area contributed by atoms with Crippen LogP contribution in [0.2, 0.25) is 0 Å². The van der Waals surface area contributed by atoms with Crippen LogP contribution >= 0.6 is 0 Å². The van der Waals surface area contributed by atoms with Crippen molar-refractivity contribution in [2.75, 3.05) is 18.0 Å². The number of carbonyl (C=O) groups excluding carboxylic acids is 2. The van der Waals surface area contributed by atoms with E-state index in [2.05, 4.69) is 43.2 Å². The lowest BCUT2D eigenvalue weighted by Gasteiger charge is -2.31. The van der Waals surface area contributed by atoms with Gasteiger partial charge in [-0.2, -0.15) is 0 Å². The molecule has 0 radical (unpaired) electrons. The summed E-state index contributed by atoms with van der Waals surface area (Å²) in [5, 5.41) is 2.69. The maximum atomic E-state index is 12.7. The van der Waals surface area contributed by atoms with Crippen molar-refractivity contribution < 1.29 is 9.59 Å². The van der Waals surface area contributed by atoms with Crippen LogP contribution in [0.1, 0.15) is 48.7 Å². The zero-order valence-electron chi connectivity index (χ0n) is 15.6. The molecule has 0 atom stereocenters. The molecule has 1 aliphatic rings. The van der Waals surface area contributed by atoms with E-state index in [1.165, 1.54) is 17.3 Å². The van der Waals surface area contributed by atoms with Gasteiger partial charge >= 0.3 is 0 Å². The minimum Gasteiger partial charge on any atom is -0.343 e. The Hall–Kier alpha value is -2.69. The van der Waals surface area contributed by atoms with Crippen LogP contribution in [0.5, 0.6) is 0 Å². The third-order valence-electron chi connectivity index (χ3n) is 4.69.